The number of hydrogen-bond donors (Lipinski definition) is 2. The van der Waals surface area contributed by atoms with E-state index in [-0.39, 0.29) is 41.0 Å². The van der Waals surface area contributed by atoms with Crippen LogP contribution in [0.2, 0.25) is 0 Å². The van der Waals surface area contributed by atoms with Gasteiger partial charge in [-0.1, -0.05) is 0 Å². The molecule has 0 aliphatic rings. The molecule has 9 heteroatoms. The number of nitrogens with zero attached hydrogens (tertiary/aromatic N) is 2. The highest BCUT2D eigenvalue weighted by Crippen LogP contribution is 2.30. The summed E-state index contributed by atoms with van der Waals surface area (Å²) in [5.41, 5.74) is 6.48. The molecule has 8 nitrogen and oxygen atoms in total. The van der Waals surface area contributed by atoms with Crippen LogP contribution in [0.1, 0.15) is 33.4 Å². The van der Waals surface area contributed by atoms with Gasteiger partial charge in [0.1, 0.15) is 22.7 Å². The molecule has 0 atom stereocenters. The largest absolute Gasteiger partial charge is 0.462 e. The molecule has 1 amide bonds. The Morgan fingerprint density at radius 2 is 1.86 bits per heavy atom. The number of halogens is 1. The van der Waals surface area contributed by atoms with Crippen molar-refractivity contribution in [1.82, 2.24) is 10.2 Å². The van der Waals surface area contributed by atoms with Gasteiger partial charge in [-0.15, -0.1) is 10.2 Å². The number of aromatic nitrogens is 2. The highest BCUT2D eigenvalue weighted by atomic mass is 19.1. The van der Waals surface area contributed by atoms with Crippen molar-refractivity contribution in [2.75, 3.05) is 11.9 Å². The number of hydrogen-bond acceptors (Lipinski definition) is 7. The monoisotopic (exact) mass is 384 g/mol. The minimum absolute atomic E-state index is 0.0307. The zero-order chi connectivity index (χ0) is 20.3. The number of rotatable bonds is 6. The molecule has 3 N–H and O–H groups in total. The fraction of sp³-hybridized carbons (Fsp3) is 0.158. The molecule has 0 saturated heterocycles. The maximum absolute atomic E-state index is 13.0. The molecule has 28 heavy (non-hydrogen) atoms. The molecule has 2 aromatic heterocycles. The van der Waals surface area contributed by atoms with Crippen molar-refractivity contribution in [3.05, 3.63) is 59.1 Å². The predicted molar refractivity (Wildman–Crippen MR) is 98.6 cm³/mol. The first-order chi connectivity index (χ1) is 13.4. The first-order valence-corrected chi connectivity index (χ1v) is 8.37. The molecule has 2 heterocycles. The van der Waals surface area contributed by atoms with E-state index < -0.39 is 11.9 Å². The fourth-order valence-electron chi connectivity index (χ4n) is 2.61. The average molecular weight is 384 g/mol. The molecular formula is C19H17FN4O4. The summed E-state index contributed by atoms with van der Waals surface area (Å²) in [5, 5.41) is 10.9. The Balaban J connectivity index is 1.89. The SMILES string of the molecule is CCOC(=O)c1c(C)oc(Nc2ccc(-c3ccc(F)cc3)nn2)c1C(N)=O. The number of benzene rings is 1. The lowest BCUT2D eigenvalue weighted by molar-refractivity contribution is 0.0521. The minimum atomic E-state index is -0.849. The molecule has 3 aromatic rings. The van der Waals surface area contributed by atoms with Crippen LogP contribution in [0.5, 0.6) is 0 Å². The highest BCUT2D eigenvalue weighted by molar-refractivity contribution is 6.09. The van der Waals surface area contributed by atoms with Crippen LogP contribution in [0, 0.1) is 12.7 Å². The normalized spacial score (nSPS) is 10.5. The van der Waals surface area contributed by atoms with Crippen LogP contribution in [0.25, 0.3) is 11.3 Å². The molecule has 0 aliphatic carbocycles. The van der Waals surface area contributed by atoms with Crippen molar-refractivity contribution in [2.45, 2.75) is 13.8 Å². The number of aryl methyl sites for hydroxylation is 1. The van der Waals surface area contributed by atoms with Crippen molar-refractivity contribution in [1.29, 1.82) is 0 Å². The Bertz CT molecular complexity index is 1010. The number of carbonyl (C=O) groups excluding carboxylic acids is 2. The van der Waals surface area contributed by atoms with E-state index in [1.165, 1.54) is 19.1 Å². The Morgan fingerprint density at radius 3 is 2.43 bits per heavy atom. The van der Waals surface area contributed by atoms with Crippen molar-refractivity contribution in [3.8, 4) is 11.3 Å². The molecule has 3 rings (SSSR count). The van der Waals surface area contributed by atoms with Crippen LogP contribution in [-0.4, -0.2) is 28.7 Å². The lowest BCUT2D eigenvalue weighted by Crippen LogP contribution is -2.18. The summed E-state index contributed by atoms with van der Waals surface area (Å²) in [4.78, 5) is 24.0. The van der Waals surface area contributed by atoms with Gasteiger partial charge >= 0.3 is 5.97 Å². The molecule has 0 bridgehead atoms. The number of esters is 1. The zero-order valence-electron chi connectivity index (χ0n) is 15.2. The molecule has 0 saturated carbocycles. The molecule has 0 fully saturated rings. The van der Waals surface area contributed by atoms with Crippen LogP contribution in [-0.2, 0) is 4.74 Å². The first kappa shape index (κ1) is 19.0. The number of ether oxygens (including phenoxy) is 1. The standard InChI is InChI=1S/C19H17FN4O4/c1-3-27-19(26)15-10(2)28-18(16(15)17(21)25)22-14-9-8-13(23-24-14)11-4-6-12(20)7-5-11/h4-9H,3H2,1-2H3,(H2,21,25)(H,22,24). The number of amides is 1. The summed E-state index contributed by atoms with van der Waals surface area (Å²) in [5.74, 6) is -1.48. The van der Waals surface area contributed by atoms with Crippen molar-refractivity contribution < 1.29 is 23.1 Å². The Morgan fingerprint density at radius 1 is 1.14 bits per heavy atom. The second-order valence-corrected chi connectivity index (χ2v) is 5.76. The molecule has 0 spiro atoms. The number of carbonyl (C=O) groups is 2. The molecule has 0 aliphatic heterocycles. The maximum atomic E-state index is 13.0. The summed E-state index contributed by atoms with van der Waals surface area (Å²) in [6.45, 7) is 3.31. The topological polar surface area (TPSA) is 120 Å². The lowest BCUT2D eigenvalue weighted by atomic mass is 10.1. The van der Waals surface area contributed by atoms with E-state index in [9.17, 15) is 14.0 Å². The third-order valence-corrected chi connectivity index (χ3v) is 3.86. The Kier molecular flexibility index (Phi) is 5.35. The van der Waals surface area contributed by atoms with Crippen LogP contribution in [0.4, 0.5) is 16.1 Å². The summed E-state index contributed by atoms with van der Waals surface area (Å²) >= 11 is 0. The zero-order valence-corrected chi connectivity index (χ0v) is 15.2. The van der Waals surface area contributed by atoms with Crippen LogP contribution < -0.4 is 11.1 Å². The minimum Gasteiger partial charge on any atom is -0.462 e. The number of furan rings is 1. The van der Waals surface area contributed by atoms with Gasteiger partial charge in [0.2, 0.25) is 5.88 Å². The smallest absolute Gasteiger partial charge is 0.342 e. The predicted octanol–water partition coefficient (Wildman–Crippen LogP) is 3.20. The second kappa shape index (κ2) is 7.87. The van der Waals surface area contributed by atoms with E-state index in [2.05, 4.69) is 15.5 Å². The quantitative estimate of drug-likeness (QED) is 0.626. The summed E-state index contributed by atoms with van der Waals surface area (Å²) < 4.78 is 23.5. The van der Waals surface area contributed by atoms with Crippen molar-refractivity contribution in [2.24, 2.45) is 5.73 Å². The average Bonchev–Trinajstić information content (AvgIpc) is 2.99. The van der Waals surface area contributed by atoms with E-state index in [1.54, 1.807) is 31.2 Å². The van der Waals surface area contributed by atoms with Crippen molar-refractivity contribution >= 4 is 23.6 Å². The third kappa shape index (κ3) is 3.83. The number of nitrogens with one attached hydrogen (secondary N) is 1. The van der Waals surface area contributed by atoms with Gasteiger partial charge in [0.15, 0.2) is 5.82 Å². The second-order valence-electron chi connectivity index (χ2n) is 5.76. The van der Waals surface area contributed by atoms with E-state index in [0.29, 0.717) is 11.3 Å². The highest BCUT2D eigenvalue weighted by Gasteiger charge is 2.28. The van der Waals surface area contributed by atoms with Gasteiger partial charge in [-0.05, 0) is 50.2 Å². The number of anilines is 2. The van der Waals surface area contributed by atoms with Crippen LogP contribution in [0.3, 0.4) is 0 Å². The Labute approximate surface area is 159 Å². The van der Waals surface area contributed by atoms with E-state index in [4.69, 9.17) is 14.9 Å². The molecule has 144 valence electrons. The summed E-state index contributed by atoms with van der Waals surface area (Å²) in [6, 6.07) is 9.07. The Hall–Kier alpha value is -3.75. The van der Waals surface area contributed by atoms with Gasteiger partial charge in [0.25, 0.3) is 5.91 Å². The van der Waals surface area contributed by atoms with Gasteiger partial charge in [-0.3, -0.25) is 4.79 Å². The van der Waals surface area contributed by atoms with Crippen molar-refractivity contribution in [3.63, 3.8) is 0 Å². The van der Waals surface area contributed by atoms with Gasteiger partial charge in [0, 0.05) is 5.56 Å². The molecule has 0 radical (unpaired) electrons. The van der Waals surface area contributed by atoms with Gasteiger partial charge in [-0.2, -0.15) is 0 Å². The van der Waals surface area contributed by atoms with E-state index in [0.717, 1.165) is 0 Å². The van der Waals surface area contributed by atoms with E-state index >= 15 is 0 Å². The first-order valence-electron chi connectivity index (χ1n) is 8.37. The summed E-state index contributed by atoms with van der Waals surface area (Å²) in [7, 11) is 0. The molecular weight excluding hydrogens is 367 g/mol. The van der Waals surface area contributed by atoms with Gasteiger partial charge in [0.05, 0.1) is 12.3 Å². The van der Waals surface area contributed by atoms with Crippen LogP contribution >= 0.6 is 0 Å². The van der Waals surface area contributed by atoms with Gasteiger partial charge in [-0.25, -0.2) is 9.18 Å². The van der Waals surface area contributed by atoms with Gasteiger partial charge < -0.3 is 20.2 Å². The summed E-state index contributed by atoms with van der Waals surface area (Å²) in [6.07, 6.45) is 0. The molecule has 0 unspecified atom stereocenters. The van der Waals surface area contributed by atoms with E-state index in [1.807, 2.05) is 0 Å². The third-order valence-electron chi connectivity index (χ3n) is 3.86. The lowest BCUT2D eigenvalue weighted by Gasteiger charge is -2.05. The number of primary amides is 1. The molecule has 1 aromatic carbocycles. The number of nitrogens with two attached hydrogens (primary N) is 1. The maximum Gasteiger partial charge on any atom is 0.342 e. The van der Waals surface area contributed by atoms with Crippen LogP contribution in [0.15, 0.2) is 40.8 Å². The fourth-order valence-corrected chi connectivity index (χ4v) is 2.61.